The van der Waals surface area contributed by atoms with Crippen molar-refractivity contribution in [3.05, 3.63) is 60.9 Å². The van der Waals surface area contributed by atoms with Crippen LogP contribution >= 0.6 is 0 Å². The molecule has 1 N–H and O–H groups in total. The maximum atomic E-state index is 13.1. The molecule has 3 aromatic heterocycles. The largest absolute Gasteiger partial charge is 0.345 e. The highest BCUT2D eigenvalue weighted by Gasteiger charge is 2.55. The van der Waals surface area contributed by atoms with Crippen LogP contribution in [0.1, 0.15) is 24.6 Å². The first kappa shape index (κ1) is 16.5. The quantitative estimate of drug-likeness (QED) is 0.547. The summed E-state index contributed by atoms with van der Waals surface area (Å²) in [6, 6.07) is 10.0. The highest BCUT2D eigenvalue weighted by atomic mass is 16.2. The number of aromatic nitrogens is 5. The van der Waals surface area contributed by atoms with Crippen LogP contribution in [0.15, 0.2) is 55.2 Å². The maximum Gasteiger partial charge on any atom is 0.233 e. The molecule has 1 aliphatic heterocycles. The molecular formula is C22H20N6O. The molecule has 6 rings (SSSR count). The molecule has 1 aromatic carbocycles. The summed E-state index contributed by atoms with van der Waals surface area (Å²) in [6.45, 7) is 0. The standard InChI is InChI=1S/C22H20N6O/c1-27-11-15(10-26-27)14-4-6-18(23-9-14)21-20(13-2-3-13)22(29)28(21)16-5-7-17-19(8-16)25-12-24-17/h4-13,20-21H,2-3H2,1H3,(H,24,25)/t20-,21+/m1/s1. The summed E-state index contributed by atoms with van der Waals surface area (Å²) in [4.78, 5) is 27.1. The number of hydrogen-bond donors (Lipinski definition) is 1. The van der Waals surface area contributed by atoms with Gasteiger partial charge in [-0.2, -0.15) is 5.10 Å². The van der Waals surface area contributed by atoms with Gasteiger partial charge in [0.25, 0.3) is 0 Å². The summed E-state index contributed by atoms with van der Waals surface area (Å²) >= 11 is 0. The molecule has 0 bridgehead atoms. The van der Waals surface area contributed by atoms with Gasteiger partial charge in [0.05, 0.1) is 41.2 Å². The van der Waals surface area contributed by atoms with Gasteiger partial charge in [0.2, 0.25) is 5.91 Å². The topological polar surface area (TPSA) is 79.7 Å². The molecular weight excluding hydrogens is 364 g/mol. The zero-order valence-corrected chi connectivity index (χ0v) is 16.0. The SMILES string of the molecule is Cn1cc(-c2ccc([C@H]3[C@@H](C4CC4)C(=O)N3c3ccc4nc[nH]c4c3)nc2)cn1. The number of anilines is 1. The van der Waals surface area contributed by atoms with Gasteiger partial charge in [-0.05, 0) is 43.0 Å². The molecule has 2 aliphatic rings. The number of carbonyl (C=O) groups excluding carboxylic acids is 1. The van der Waals surface area contributed by atoms with E-state index in [0.717, 1.165) is 46.4 Å². The lowest BCUT2D eigenvalue weighted by atomic mass is 9.80. The summed E-state index contributed by atoms with van der Waals surface area (Å²) in [6.07, 6.45) is 9.64. The second kappa shape index (κ2) is 6.01. The molecule has 1 saturated heterocycles. The van der Waals surface area contributed by atoms with Crippen molar-refractivity contribution in [1.82, 2.24) is 24.7 Å². The van der Waals surface area contributed by atoms with Crippen LogP contribution in [0.2, 0.25) is 0 Å². The number of fused-ring (bicyclic) bond motifs is 1. The number of hydrogen-bond acceptors (Lipinski definition) is 4. The number of pyridine rings is 1. The molecule has 0 unspecified atom stereocenters. The molecule has 4 heterocycles. The van der Waals surface area contributed by atoms with Crippen LogP contribution < -0.4 is 4.90 Å². The van der Waals surface area contributed by atoms with Crippen LogP contribution in [0.3, 0.4) is 0 Å². The van der Waals surface area contributed by atoms with Crippen LogP contribution in [-0.2, 0) is 11.8 Å². The number of aryl methyl sites for hydroxylation is 1. The summed E-state index contributed by atoms with van der Waals surface area (Å²) in [5, 5.41) is 4.23. The fraction of sp³-hybridized carbons (Fsp3) is 0.273. The van der Waals surface area contributed by atoms with Crippen LogP contribution in [-0.4, -0.2) is 30.6 Å². The van der Waals surface area contributed by atoms with Crippen molar-refractivity contribution in [2.75, 3.05) is 4.90 Å². The molecule has 2 atom stereocenters. The van der Waals surface area contributed by atoms with Crippen LogP contribution in [0.5, 0.6) is 0 Å². The molecule has 1 saturated carbocycles. The first-order valence-electron chi connectivity index (χ1n) is 9.90. The molecule has 29 heavy (non-hydrogen) atoms. The Morgan fingerprint density at radius 2 is 1.97 bits per heavy atom. The van der Waals surface area contributed by atoms with E-state index in [-0.39, 0.29) is 17.9 Å². The van der Waals surface area contributed by atoms with Crippen LogP contribution in [0.25, 0.3) is 22.2 Å². The Morgan fingerprint density at radius 3 is 2.69 bits per heavy atom. The Kier molecular flexibility index (Phi) is 3.41. The molecule has 1 amide bonds. The van der Waals surface area contributed by atoms with Crippen molar-refractivity contribution in [2.45, 2.75) is 18.9 Å². The number of amides is 1. The van der Waals surface area contributed by atoms with E-state index in [0.29, 0.717) is 5.92 Å². The highest BCUT2D eigenvalue weighted by molar-refractivity contribution is 6.04. The number of rotatable bonds is 4. The minimum atomic E-state index is -0.0154. The van der Waals surface area contributed by atoms with E-state index >= 15 is 0 Å². The predicted molar refractivity (Wildman–Crippen MR) is 109 cm³/mol. The van der Waals surface area contributed by atoms with Gasteiger partial charge < -0.3 is 9.88 Å². The Labute approximate surface area is 167 Å². The fourth-order valence-electron chi connectivity index (χ4n) is 4.42. The third-order valence-corrected chi connectivity index (χ3v) is 6.08. The maximum absolute atomic E-state index is 13.1. The molecule has 7 nitrogen and oxygen atoms in total. The second-order valence-electron chi connectivity index (χ2n) is 7.99. The van der Waals surface area contributed by atoms with Gasteiger partial charge in [-0.1, -0.05) is 6.07 Å². The zero-order valence-electron chi connectivity index (χ0n) is 16.0. The molecule has 2 fully saturated rings. The minimum Gasteiger partial charge on any atom is -0.345 e. The monoisotopic (exact) mass is 384 g/mol. The Balaban J connectivity index is 1.37. The third kappa shape index (κ3) is 2.57. The van der Waals surface area contributed by atoms with Crippen molar-refractivity contribution < 1.29 is 4.79 Å². The number of nitrogens with zero attached hydrogens (tertiary/aromatic N) is 5. The summed E-state index contributed by atoms with van der Waals surface area (Å²) in [7, 11) is 1.90. The van der Waals surface area contributed by atoms with Gasteiger partial charge in [0, 0.05) is 36.3 Å². The molecule has 7 heteroatoms. The van der Waals surface area contributed by atoms with E-state index in [1.54, 1.807) is 11.0 Å². The Bertz CT molecular complexity index is 1220. The first-order valence-corrected chi connectivity index (χ1v) is 9.90. The summed E-state index contributed by atoms with van der Waals surface area (Å²) in [5.41, 5.74) is 5.74. The fourth-order valence-corrected chi connectivity index (χ4v) is 4.42. The van der Waals surface area contributed by atoms with Crippen molar-refractivity contribution in [3.63, 3.8) is 0 Å². The number of imidazole rings is 1. The van der Waals surface area contributed by atoms with Crippen molar-refractivity contribution in [3.8, 4) is 11.1 Å². The Morgan fingerprint density at radius 1 is 1.07 bits per heavy atom. The van der Waals surface area contributed by atoms with Crippen LogP contribution in [0, 0.1) is 11.8 Å². The van der Waals surface area contributed by atoms with Gasteiger partial charge >= 0.3 is 0 Å². The highest BCUT2D eigenvalue weighted by Crippen LogP contribution is 2.53. The van der Waals surface area contributed by atoms with E-state index in [4.69, 9.17) is 4.98 Å². The average molecular weight is 384 g/mol. The average Bonchev–Trinajstić information content (AvgIpc) is 3.26. The van der Waals surface area contributed by atoms with Crippen molar-refractivity contribution in [2.24, 2.45) is 18.9 Å². The minimum absolute atomic E-state index is 0.0154. The number of aromatic amines is 1. The van der Waals surface area contributed by atoms with E-state index < -0.39 is 0 Å². The van der Waals surface area contributed by atoms with Gasteiger partial charge in [0.15, 0.2) is 0 Å². The van der Waals surface area contributed by atoms with Gasteiger partial charge in [-0.25, -0.2) is 4.98 Å². The van der Waals surface area contributed by atoms with Crippen molar-refractivity contribution in [1.29, 1.82) is 0 Å². The lowest BCUT2D eigenvalue weighted by Crippen LogP contribution is -2.56. The Hall–Kier alpha value is -3.48. The summed E-state index contributed by atoms with van der Waals surface area (Å²) < 4.78 is 1.78. The zero-order chi connectivity index (χ0) is 19.5. The van der Waals surface area contributed by atoms with Gasteiger partial charge in [-0.3, -0.25) is 14.5 Å². The number of β-lactam (4-membered cyclic amide) rings is 1. The number of carbonyl (C=O) groups is 1. The number of H-pyrrole nitrogens is 1. The normalized spacial score (nSPS) is 21.6. The van der Waals surface area contributed by atoms with Gasteiger partial charge in [-0.15, -0.1) is 0 Å². The van der Waals surface area contributed by atoms with Crippen LogP contribution in [0.4, 0.5) is 5.69 Å². The van der Waals surface area contributed by atoms with E-state index in [9.17, 15) is 4.79 Å². The van der Waals surface area contributed by atoms with Crippen molar-refractivity contribution >= 4 is 22.6 Å². The first-order chi connectivity index (χ1) is 14.2. The lowest BCUT2D eigenvalue weighted by molar-refractivity contribution is -0.131. The number of benzene rings is 1. The summed E-state index contributed by atoms with van der Waals surface area (Å²) in [5.74, 6) is 0.721. The van der Waals surface area contributed by atoms with E-state index in [1.807, 2.05) is 48.7 Å². The molecule has 4 aromatic rings. The smallest absolute Gasteiger partial charge is 0.233 e. The van der Waals surface area contributed by atoms with E-state index in [2.05, 4.69) is 27.2 Å². The number of nitrogens with one attached hydrogen (secondary N) is 1. The van der Waals surface area contributed by atoms with E-state index in [1.165, 1.54) is 0 Å². The van der Waals surface area contributed by atoms with Gasteiger partial charge in [0.1, 0.15) is 0 Å². The molecule has 0 spiro atoms. The second-order valence-corrected chi connectivity index (χ2v) is 7.99. The molecule has 1 aliphatic carbocycles. The molecule has 144 valence electrons. The lowest BCUT2D eigenvalue weighted by Gasteiger charge is -2.47. The predicted octanol–water partition coefficient (Wildman–Crippen LogP) is 3.47. The molecule has 0 radical (unpaired) electrons. The third-order valence-electron chi connectivity index (χ3n) is 6.08.